The summed E-state index contributed by atoms with van der Waals surface area (Å²) in [6, 6.07) is 7.99. The van der Waals surface area contributed by atoms with Crippen molar-refractivity contribution in [2.75, 3.05) is 7.05 Å². The molecule has 1 amide bonds. The molecule has 1 aromatic carbocycles. The Morgan fingerprint density at radius 2 is 1.79 bits per heavy atom. The third kappa shape index (κ3) is 5.01. The number of hydrazine groups is 1. The molecule has 0 aliphatic carbocycles. The van der Waals surface area contributed by atoms with Crippen LogP contribution in [0.3, 0.4) is 0 Å². The monoisotopic (exact) mass is 263 g/mol. The number of hydrogen-bond donors (Lipinski definition) is 3. The third-order valence-corrected chi connectivity index (χ3v) is 3.04. The SMILES string of the molecule is CN[C@H](C(=O)NNCc1ccc(C)cc1)C(C)(C)C. The van der Waals surface area contributed by atoms with Gasteiger partial charge in [-0.1, -0.05) is 50.6 Å². The first-order chi connectivity index (χ1) is 8.84. The average molecular weight is 263 g/mol. The van der Waals surface area contributed by atoms with Crippen LogP contribution in [-0.2, 0) is 11.3 Å². The molecule has 19 heavy (non-hydrogen) atoms. The molecule has 0 spiro atoms. The van der Waals surface area contributed by atoms with Crippen molar-refractivity contribution in [3.63, 3.8) is 0 Å². The molecule has 0 unspecified atom stereocenters. The van der Waals surface area contributed by atoms with Crippen LogP contribution in [0.4, 0.5) is 0 Å². The van der Waals surface area contributed by atoms with Gasteiger partial charge in [-0.05, 0) is 24.9 Å². The van der Waals surface area contributed by atoms with Gasteiger partial charge in [0.1, 0.15) is 0 Å². The van der Waals surface area contributed by atoms with Gasteiger partial charge in [-0.15, -0.1) is 0 Å². The predicted molar refractivity (Wildman–Crippen MR) is 78.5 cm³/mol. The van der Waals surface area contributed by atoms with Crippen molar-refractivity contribution in [2.24, 2.45) is 5.41 Å². The zero-order valence-corrected chi connectivity index (χ0v) is 12.5. The van der Waals surface area contributed by atoms with Crippen LogP contribution >= 0.6 is 0 Å². The van der Waals surface area contributed by atoms with Gasteiger partial charge in [-0.25, -0.2) is 5.43 Å². The zero-order valence-electron chi connectivity index (χ0n) is 12.5. The maximum atomic E-state index is 12.0. The van der Waals surface area contributed by atoms with Crippen molar-refractivity contribution in [3.05, 3.63) is 35.4 Å². The van der Waals surface area contributed by atoms with E-state index in [4.69, 9.17) is 0 Å². The van der Waals surface area contributed by atoms with Gasteiger partial charge >= 0.3 is 0 Å². The third-order valence-electron chi connectivity index (χ3n) is 3.04. The number of benzene rings is 1. The summed E-state index contributed by atoms with van der Waals surface area (Å²) in [4.78, 5) is 12.0. The van der Waals surface area contributed by atoms with Gasteiger partial charge in [-0.2, -0.15) is 0 Å². The van der Waals surface area contributed by atoms with Crippen molar-refractivity contribution < 1.29 is 4.79 Å². The van der Waals surface area contributed by atoms with E-state index in [1.54, 1.807) is 7.05 Å². The Balaban J connectivity index is 2.44. The second-order valence-electron chi connectivity index (χ2n) is 5.92. The van der Waals surface area contributed by atoms with Crippen molar-refractivity contribution in [1.82, 2.24) is 16.2 Å². The molecular weight excluding hydrogens is 238 g/mol. The smallest absolute Gasteiger partial charge is 0.251 e. The van der Waals surface area contributed by atoms with Crippen molar-refractivity contribution >= 4 is 5.91 Å². The number of aryl methyl sites for hydroxylation is 1. The second-order valence-corrected chi connectivity index (χ2v) is 5.92. The van der Waals surface area contributed by atoms with E-state index in [1.165, 1.54) is 5.56 Å². The van der Waals surface area contributed by atoms with Crippen LogP contribution in [0.5, 0.6) is 0 Å². The molecule has 0 radical (unpaired) electrons. The highest BCUT2D eigenvalue weighted by Crippen LogP contribution is 2.18. The van der Waals surface area contributed by atoms with Gasteiger partial charge in [-0.3, -0.25) is 10.2 Å². The Labute approximate surface area is 115 Å². The summed E-state index contributed by atoms with van der Waals surface area (Å²) in [7, 11) is 1.80. The summed E-state index contributed by atoms with van der Waals surface area (Å²) in [5, 5.41) is 3.05. The van der Waals surface area contributed by atoms with E-state index in [-0.39, 0.29) is 17.4 Å². The first-order valence-electron chi connectivity index (χ1n) is 6.60. The van der Waals surface area contributed by atoms with Crippen molar-refractivity contribution in [1.29, 1.82) is 0 Å². The number of carbonyl (C=O) groups excluding carboxylic acids is 1. The Morgan fingerprint density at radius 1 is 1.21 bits per heavy atom. The van der Waals surface area contributed by atoms with E-state index in [0.29, 0.717) is 6.54 Å². The number of hydrogen-bond acceptors (Lipinski definition) is 3. The second kappa shape index (κ2) is 6.68. The molecule has 0 aromatic heterocycles. The lowest BCUT2D eigenvalue weighted by Crippen LogP contribution is -2.53. The molecule has 0 heterocycles. The summed E-state index contributed by atoms with van der Waals surface area (Å²) in [6.07, 6.45) is 0. The first-order valence-corrected chi connectivity index (χ1v) is 6.60. The maximum absolute atomic E-state index is 12.0. The molecule has 4 nitrogen and oxygen atoms in total. The van der Waals surface area contributed by atoms with Crippen LogP contribution in [0.2, 0.25) is 0 Å². The van der Waals surface area contributed by atoms with Crippen molar-refractivity contribution in [3.8, 4) is 0 Å². The van der Waals surface area contributed by atoms with E-state index < -0.39 is 0 Å². The molecule has 3 N–H and O–H groups in total. The summed E-state index contributed by atoms with van der Waals surface area (Å²) in [5.74, 6) is -0.0397. The molecule has 4 heteroatoms. The normalized spacial score (nSPS) is 13.1. The van der Waals surface area contributed by atoms with Crippen LogP contribution < -0.4 is 16.2 Å². The fourth-order valence-corrected chi connectivity index (χ4v) is 1.97. The molecule has 1 aromatic rings. The first kappa shape index (κ1) is 15.7. The Hall–Kier alpha value is -1.39. The summed E-state index contributed by atoms with van der Waals surface area (Å²) >= 11 is 0. The Kier molecular flexibility index (Phi) is 5.51. The molecule has 1 atom stereocenters. The molecule has 0 bridgehead atoms. The maximum Gasteiger partial charge on any atom is 0.251 e. The fourth-order valence-electron chi connectivity index (χ4n) is 1.97. The van der Waals surface area contributed by atoms with Gasteiger partial charge in [0.2, 0.25) is 0 Å². The number of carbonyl (C=O) groups is 1. The fraction of sp³-hybridized carbons (Fsp3) is 0.533. The molecule has 0 saturated carbocycles. The van der Waals surface area contributed by atoms with Crippen molar-refractivity contribution in [2.45, 2.75) is 40.3 Å². The topological polar surface area (TPSA) is 53.2 Å². The summed E-state index contributed by atoms with van der Waals surface area (Å²) in [6.45, 7) is 8.78. The highest BCUT2D eigenvalue weighted by molar-refractivity contribution is 5.82. The van der Waals surface area contributed by atoms with E-state index in [2.05, 4.69) is 35.2 Å². The average Bonchev–Trinajstić information content (AvgIpc) is 2.30. The summed E-state index contributed by atoms with van der Waals surface area (Å²) < 4.78 is 0. The molecule has 1 rings (SSSR count). The Morgan fingerprint density at radius 3 is 2.26 bits per heavy atom. The number of rotatable bonds is 5. The molecule has 0 aliphatic rings. The van der Waals surface area contributed by atoms with Crippen LogP contribution in [0.15, 0.2) is 24.3 Å². The van der Waals surface area contributed by atoms with Gasteiger partial charge in [0.25, 0.3) is 5.91 Å². The van der Waals surface area contributed by atoms with Gasteiger partial charge in [0, 0.05) is 6.54 Å². The van der Waals surface area contributed by atoms with E-state index in [0.717, 1.165) is 5.56 Å². The Bertz CT molecular complexity index is 406. The molecule has 0 fully saturated rings. The van der Waals surface area contributed by atoms with Crippen LogP contribution in [0.1, 0.15) is 31.9 Å². The van der Waals surface area contributed by atoms with E-state index >= 15 is 0 Å². The lowest BCUT2D eigenvalue weighted by atomic mass is 9.86. The largest absolute Gasteiger partial charge is 0.308 e. The minimum absolute atomic E-state index is 0.0397. The highest BCUT2D eigenvalue weighted by atomic mass is 16.2. The summed E-state index contributed by atoms with van der Waals surface area (Å²) in [5.41, 5.74) is 7.97. The molecular formula is C15H25N3O. The minimum atomic E-state index is -0.224. The van der Waals surface area contributed by atoms with E-state index in [9.17, 15) is 4.79 Å². The quantitative estimate of drug-likeness (QED) is 0.709. The highest BCUT2D eigenvalue weighted by Gasteiger charge is 2.29. The van der Waals surface area contributed by atoms with Gasteiger partial charge < -0.3 is 5.32 Å². The van der Waals surface area contributed by atoms with E-state index in [1.807, 2.05) is 32.9 Å². The van der Waals surface area contributed by atoms with Crippen LogP contribution in [0.25, 0.3) is 0 Å². The lowest BCUT2D eigenvalue weighted by Gasteiger charge is -2.29. The van der Waals surface area contributed by atoms with Gasteiger partial charge in [0.05, 0.1) is 6.04 Å². The number of likely N-dealkylation sites (N-methyl/N-ethyl adjacent to an activating group) is 1. The zero-order chi connectivity index (χ0) is 14.5. The predicted octanol–water partition coefficient (Wildman–Crippen LogP) is 1.75. The lowest BCUT2D eigenvalue weighted by molar-refractivity contribution is -0.126. The molecule has 0 saturated heterocycles. The number of nitrogens with one attached hydrogen (secondary N) is 3. The van der Waals surface area contributed by atoms with Crippen LogP contribution in [-0.4, -0.2) is 19.0 Å². The standard InChI is InChI=1S/C15H25N3O/c1-11-6-8-12(9-7-11)10-17-18-14(19)13(16-5)15(2,3)4/h6-9,13,16-17H,10H2,1-5H3,(H,18,19)/t13-/m1/s1. The number of amides is 1. The molecule has 0 aliphatic heterocycles. The van der Waals surface area contributed by atoms with Crippen LogP contribution in [0, 0.1) is 12.3 Å². The van der Waals surface area contributed by atoms with Gasteiger partial charge in [0.15, 0.2) is 0 Å². The minimum Gasteiger partial charge on any atom is -0.308 e. The molecule has 106 valence electrons.